The molecule has 0 saturated carbocycles. The highest BCUT2D eigenvalue weighted by Gasteiger charge is 2.37. The topological polar surface area (TPSA) is 49.9 Å². The van der Waals surface area contributed by atoms with Gasteiger partial charge in [0.15, 0.2) is 0 Å². The molecule has 5 nitrogen and oxygen atoms in total. The quantitative estimate of drug-likeness (QED) is 0.735. The van der Waals surface area contributed by atoms with Crippen LogP contribution in [0, 0.1) is 5.92 Å². The van der Waals surface area contributed by atoms with E-state index >= 15 is 0 Å². The fourth-order valence-corrected chi connectivity index (χ4v) is 3.09. The van der Waals surface area contributed by atoms with Gasteiger partial charge < -0.3 is 14.5 Å². The lowest BCUT2D eigenvalue weighted by Crippen LogP contribution is -2.38. The molecule has 0 spiro atoms. The van der Waals surface area contributed by atoms with E-state index in [1.807, 2.05) is 43.0 Å². The average molecular weight is 332 g/mol. The Morgan fingerprint density at radius 3 is 2.71 bits per heavy atom. The monoisotopic (exact) mass is 332 g/mol. The number of carbonyl (C=O) groups is 2. The predicted octanol–water partition coefficient (Wildman–Crippen LogP) is 3.09. The van der Waals surface area contributed by atoms with E-state index < -0.39 is 0 Å². The lowest BCUT2D eigenvalue weighted by molar-refractivity contribution is -0.135. The highest BCUT2D eigenvalue weighted by Crippen LogP contribution is 2.33. The number of carbonyl (C=O) groups excluding carboxylic acids is 2. The van der Waals surface area contributed by atoms with Crippen LogP contribution >= 0.6 is 0 Å². The summed E-state index contributed by atoms with van der Waals surface area (Å²) in [4.78, 5) is 28.8. The normalized spacial score (nSPS) is 17.2. The van der Waals surface area contributed by atoms with Crippen LogP contribution in [0.3, 0.4) is 0 Å². The third kappa shape index (κ3) is 4.08. The highest BCUT2D eigenvalue weighted by molar-refractivity contribution is 6.01. The molecule has 0 aliphatic carbocycles. The van der Waals surface area contributed by atoms with Gasteiger partial charge in [0.1, 0.15) is 5.75 Å². The minimum absolute atomic E-state index is 0.00736. The van der Waals surface area contributed by atoms with Crippen molar-refractivity contribution in [2.24, 2.45) is 5.92 Å². The van der Waals surface area contributed by atoms with Gasteiger partial charge in [-0.1, -0.05) is 25.5 Å². The van der Waals surface area contributed by atoms with E-state index in [9.17, 15) is 9.59 Å². The van der Waals surface area contributed by atoms with Crippen molar-refractivity contribution >= 4 is 17.5 Å². The smallest absolute Gasteiger partial charge is 0.228 e. The molecule has 24 heavy (non-hydrogen) atoms. The standard InChI is InChI=1S/C19H28N2O3/c1-4-7-12-20(5-2)19(23)15-13-18(22)21(14-15)16-10-8-9-11-17(16)24-6-3/h8-11,15H,4-7,12-14H2,1-3H3. The zero-order valence-corrected chi connectivity index (χ0v) is 15.0. The second kappa shape index (κ2) is 8.71. The minimum Gasteiger partial charge on any atom is -0.492 e. The maximum atomic E-state index is 12.7. The van der Waals surface area contributed by atoms with Crippen LogP contribution in [0.25, 0.3) is 0 Å². The lowest BCUT2D eigenvalue weighted by Gasteiger charge is -2.24. The van der Waals surface area contributed by atoms with Gasteiger partial charge in [0.2, 0.25) is 11.8 Å². The van der Waals surface area contributed by atoms with Crippen molar-refractivity contribution in [3.63, 3.8) is 0 Å². The van der Waals surface area contributed by atoms with Gasteiger partial charge in [0.05, 0.1) is 18.2 Å². The molecule has 5 heteroatoms. The Hall–Kier alpha value is -2.04. The number of hydrogen-bond donors (Lipinski definition) is 0. The molecule has 1 aromatic rings. The van der Waals surface area contributed by atoms with Crippen LogP contribution in [0.15, 0.2) is 24.3 Å². The second-order valence-corrected chi connectivity index (χ2v) is 6.08. The summed E-state index contributed by atoms with van der Waals surface area (Å²) in [6.45, 7) is 8.47. The number of para-hydroxylation sites is 2. The number of hydrogen-bond acceptors (Lipinski definition) is 3. The van der Waals surface area contributed by atoms with Crippen molar-refractivity contribution < 1.29 is 14.3 Å². The molecule has 1 aromatic carbocycles. The summed E-state index contributed by atoms with van der Waals surface area (Å²) in [5, 5.41) is 0. The van der Waals surface area contributed by atoms with Gasteiger partial charge in [-0.25, -0.2) is 0 Å². The number of ether oxygens (including phenoxy) is 1. The van der Waals surface area contributed by atoms with Crippen LogP contribution in [0.1, 0.15) is 40.0 Å². The molecule has 1 saturated heterocycles. The van der Waals surface area contributed by atoms with E-state index in [4.69, 9.17) is 4.74 Å². The number of anilines is 1. The van der Waals surface area contributed by atoms with Crippen molar-refractivity contribution in [3.8, 4) is 5.75 Å². The van der Waals surface area contributed by atoms with E-state index in [2.05, 4.69) is 6.92 Å². The zero-order valence-electron chi connectivity index (χ0n) is 15.0. The Morgan fingerprint density at radius 2 is 2.04 bits per heavy atom. The van der Waals surface area contributed by atoms with Gasteiger partial charge in [-0.15, -0.1) is 0 Å². The van der Waals surface area contributed by atoms with Gasteiger partial charge in [-0.3, -0.25) is 9.59 Å². The summed E-state index contributed by atoms with van der Waals surface area (Å²) in [5.74, 6) is 0.520. The molecule has 1 aliphatic rings. The summed E-state index contributed by atoms with van der Waals surface area (Å²) in [6.07, 6.45) is 2.33. The first kappa shape index (κ1) is 18.3. The molecular weight excluding hydrogens is 304 g/mol. The fraction of sp³-hybridized carbons (Fsp3) is 0.579. The molecule has 0 N–H and O–H groups in total. The molecule has 132 valence electrons. The third-order valence-corrected chi connectivity index (χ3v) is 4.41. The lowest BCUT2D eigenvalue weighted by atomic mass is 10.1. The van der Waals surface area contributed by atoms with Crippen molar-refractivity contribution in [2.75, 3.05) is 31.1 Å². The number of amides is 2. The fourth-order valence-electron chi connectivity index (χ4n) is 3.09. The molecular formula is C19H28N2O3. The van der Waals surface area contributed by atoms with Gasteiger partial charge in [0.25, 0.3) is 0 Å². The molecule has 0 radical (unpaired) electrons. The first-order valence-corrected chi connectivity index (χ1v) is 8.93. The van der Waals surface area contributed by atoms with Crippen molar-refractivity contribution in [1.29, 1.82) is 0 Å². The van der Waals surface area contributed by atoms with E-state index in [1.54, 1.807) is 4.90 Å². The van der Waals surface area contributed by atoms with Crippen molar-refractivity contribution in [2.45, 2.75) is 40.0 Å². The SMILES string of the molecule is CCCCN(CC)C(=O)C1CC(=O)N(c2ccccc2OCC)C1. The Morgan fingerprint density at radius 1 is 1.29 bits per heavy atom. The van der Waals surface area contributed by atoms with Crippen LogP contribution < -0.4 is 9.64 Å². The van der Waals surface area contributed by atoms with Crippen molar-refractivity contribution in [1.82, 2.24) is 4.90 Å². The summed E-state index contributed by atoms with van der Waals surface area (Å²) in [6, 6.07) is 7.52. The van der Waals surface area contributed by atoms with Crippen LogP contribution in [0.2, 0.25) is 0 Å². The highest BCUT2D eigenvalue weighted by atomic mass is 16.5. The van der Waals surface area contributed by atoms with Crippen LogP contribution in [0.5, 0.6) is 5.75 Å². The Balaban J connectivity index is 2.12. The average Bonchev–Trinajstić information content (AvgIpc) is 2.98. The molecule has 1 unspecified atom stereocenters. The molecule has 1 fully saturated rings. The molecule has 2 amide bonds. The van der Waals surface area contributed by atoms with Crippen LogP contribution in [-0.2, 0) is 9.59 Å². The molecule has 1 heterocycles. The summed E-state index contributed by atoms with van der Waals surface area (Å²) in [5.41, 5.74) is 0.760. The predicted molar refractivity (Wildman–Crippen MR) is 95.2 cm³/mol. The maximum Gasteiger partial charge on any atom is 0.228 e. The number of rotatable bonds is 8. The molecule has 1 atom stereocenters. The maximum absolute atomic E-state index is 12.7. The molecule has 2 rings (SSSR count). The molecule has 1 aliphatic heterocycles. The van der Waals surface area contributed by atoms with Gasteiger partial charge >= 0.3 is 0 Å². The Kier molecular flexibility index (Phi) is 6.64. The van der Waals surface area contributed by atoms with E-state index in [0.717, 1.165) is 25.1 Å². The number of nitrogens with zero attached hydrogens (tertiary/aromatic N) is 2. The first-order chi connectivity index (χ1) is 11.6. The largest absolute Gasteiger partial charge is 0.492 e. The van der Waals surface area contributed by atoms with Crippen molar-refractivity contribution in [3.05, 3.63) is 24.3 Å². The van der Waals surface area contributed by atoms with E-state index in [1.165, 1.54) is 0 Å². The molecule has 0 aromatic heterocycles. The summed E-state index contributed by atoms with van der Waals surface area (Å²) in [7, 11) is 0. The zero-order chi connectivity index (χ0) is 17.5. The minimum atomic E-state index is -0.260. The summed E-state index contributed by atoms with van der Waals surface area (Å²) < 4.78 is 5.63. The van der Waals surface area contributed by atoms with Crippen LogP contribution in [0.4, 0.5) is 5.69 Å². The van der Waals surface area contributed by atoms with Crippen LogP contribution in [-0.4, -0.2) is 43.0 Å². The molecule has 0 bridgehead atoms. The third-order valence-electron chi connectivity index (χ3n) is 4.41. The van der Waals surface area contributed by atoms with Gasteiger partial charge in [-0.2, -0.15) is 0 Å². The summed E-state index contributed by atoms with van der Waals surface area (Å²) >= 11 is 0. The first-order valence-electron chi connectivity index (χ1n) is 8.93. The number of unbranched alkanes of at least 4 members (excludes halogenated alkanes) is 1. The van der Waals surface area contributed by atoms with E-state index in [0.29, 0.717) is 25.4 Å². The number of benzene rings is 1. The van der Waals surface area contributed by atoms with E-state index in [-0.39, 0.29) is 24.2 Å². The Labute approximate surface area is 144 Å². The Bertz CT molecular complexity index is 573. The van der Waals surface area contributed by atoms with Gasteiger partial charge in [-0.05, 0) is 32.4 Å². The second-order valence-electron chi connectivity index (χ2n) is 6.08. The van der Waals surface area contributed by atoms with Gasteiger partial charge in [0, 0.05) is 26.1 Å².